The summed E-state index contributed by atoms with van der Waals surface area (Å²) in [6.45, 7) is 5.34. The van der Waals surface area contributed by atoms with Gasteiger partial charge in [0.15, 0.2) is 12.4 Å². The fourth-order valence-electron chi connectivity index (χ4n) is 6.48. The number of aryl methyl sites for hydroxylation is 3. The number of nitrogens with zero attached hydrogens (tertiary/aromatic N) is 2. The summed E-state index contributed by atoms with van der Waals surface area (Å²) in [5.41, 5.74) is 3.02. The number of benzene rings is 2. The van der Waals surface area contributed by atoms with E-state index in [2.05, 4.69) is 10.6 Å². The molecular formula is C33H38N4O7. The SMILES string of the molecule is COc1cccc2c1cc(C(=O)N[C@H]1CC(C)N(C(C[C@@H]3CCNC3=O)C(=O)COC(=O)c3c(C)cccc3C)C1=O)n2C. The topological polar surface area (TPSA) is 136 Å². The largest absolute Gasteiger partial charge is 0.496 e. The Hall–Kier alpha value is -4.67. The molecule has 4 atom stereocenters. The number of hydrogen-bond acceptors (Lipinski definition) is 7. The average Bonchev–Trinajstić information content (AvgIpc) is 3.64. The minimum atomic E-state index is -0.999. The minimum Gasteiger partial charge on any atom is -0.496 e. The summed E-state index contributed by atoms with van der Waals surface area (Å²) in [4.78, 5) is 67.8. The van der Waals surface area contributed by atoms with E-state index in [-0.39, 0.29) is 18.7 Å². The van der Waals surface area contributed by atoms with Gasteiger partial charge in [0.25, 0.3) is 5.91 Å². The van der Waals surface area contributed by atoms with E-state index < -0.39 is 54.2 Å². The van der Waals surface area contributed by atoms with Crippen LogP contribution in [0.4, 0.5) is 0 Å². The maximum atomic E-state index is 13.8. The Labute approximate surface area is 255 Å². The summed E-state index contributed by atoms with van der Waals surface area (Å²) in [6, 6.07) is 10.4. The maximum absolute atomic E-state index is 13.8. The third kappa shape index (κ3) is 5.78. The number of aromatic nitrogens is 1. The van der Waals surface area contributed by atoms with Crippen molar-refractivity contribution in [3.05, 3.63) is 64.8 Å². The first-order valence-corrected chi connectivity index (χ1v) is 14.8. The van der Waals surface area contributed by atoms with Crippen molar-refractivity contribution in [2.24, 2.45) is 13.0 Å². The second-order valence-corrected chi connectivity index (χ2v) is 11.7. The number of fused-ring (bicyclic) bond motifs is 1. The van der Waals surface area contributed by atoms with E-state index in [0.29, 0.717) is 30.0 Å². The van der Waals surface area contributed by atoms with E-state index in [1.807, 2.05) is 31.2 Å². The van der Waals surface area contributed by atoms with Gasteiger partial charge in [-0.3, -0.25) is 19.2 Å². The molecule has 2 N–H and O–H groups in total. The number of Topliss-reactive ketones (excluding diaryl/α,β-unsaturated/α-hetero) is 1. The quantitative estimate of drug-likeness (QED) is 0.341. The average molecular weight is 603 g/mol. The van der Waals surface area contributed by atoms with Crippen LogP contribution >= 0.6 is 0 Å². The van der Waals surface area contributed by atoms with Crippen LogP contribution in [-0.4, -0.2) is 77.3 Å². The van der Waals surface area contributed by atoms with Gasteiger partial charge in [-0.15, -0.1) is 0 Å². The van der Waals surface area contributed by atoms with Gasteiger partial charge < -0.3 is 29.6 Å². The molecule has 2 aliphatic rings. The van der Waals surface area contributed by atoms with Crippen LogP contribution in [-0.2, 0) is 26.2 Å². The fourth-order valence-corrected chi connectivity index (χ4v) is 6.48. The van der Waals surface area contributed by atoms with Crippen LogP contribution < -0.4 is 15.4 Å². The zero-order valence-corrected chi connectivity index (χ0v) is 25.6. The van der Waals surface area contributed by atoms with Gasteiger partial charge in [-0.1, -0.05) is 24.3 Å². The van der Waals surface area contributed by atoms with Crippen molar-refractivity contribution in [2.75, 3.05) is 20.3 Å². The van der Waals surface area contributed by atoms with E-state index in [0.717, 1.165) is 22.0 Å². The predicted octanol–water partition coefficient (Wildman–Crippen LogP) is 2.84. The summed E-state index contributed by atoms with van der Waals surface area (Å²) >= 11 is 0. The van der Waals surface area contributed by atoms with Crippen molar-refractivity contribution in [3.8, 4) is 5.75 Å². The summed E-state index contributed by atoms with van der Waals surface area (Å²) in [7, 11) is 3.33. The highest BCUT2D eigenvalue weighted by Crippen LogP contribution is 2.30. The second kappa shape index (κ2) is 12.5. The molecule has 0 spiro atoms. The second-order valence-electron chi connectivity index (χ2n) is 11.7. The molecule has 11 heteroatoms. The van der Waals surface area contributed by atoms with Crippen molar-refractivity contribution >= 4 is 40.4 Å². The highest BCUT2D eigenvalue weighted by Gasteiger charge is 2.45. The lowest BCUT2D eigenvalue weighted by Gasteiger charge is -2.32. The summed E-state index contributed by atoms with van der Waals surface area (Å²) in [5.74, 6) is -1.95. The Morgan fingerprint density at radius 1 is 1.09 bits per heavy atom. The van der Waals surface area contributed by atoms with Crippen molar-refractivity contribution in [3.63, 3.8) is 0 Å². The number of amides is 3. The van der Waals surface area contributed by atoms with E-state index >= 15 is 0 Å². The Morgan fingerprint density at radius 2 is 1.80 bits per heavy atom. The first-order valence-electron chi connectivity index (χ1n) is 14.8. The molecule has 2 unspecified atom stereocenters. The standard InChI is InChI=1S/C33H38N4O7/c1-18-8-6-9-19(2)29(18)33(42)44-17-27(38)25(15-21-12-13-34-30(21)39)37-20(3)14-23(32(37)41)35-31(40)26-16-22-24(36(26)4)10-7-11-28(22)43-5/h6-11,16,20-21,23,25H,12-15,17H2,1-5H3,(H,34,39)(H,35,40)/t20?,21-,23-,25?/m0/s1. The highest BCUT2D eigenvalue weighted by atomic mass is 16.5. The van der Waals surface area contributed by atoms with Crippen LogP contribution in [0.5, 0.6) is 5.75 Å². The molecular weight excluding hydrogens is 564 g/mol. The van der Waals surface area contributed by atoms with E-state index in [1.165, 1.54) is 4.90 Å². The molecule has 2 aromatic carbocycles. The molecule has 0 aliphatic carbocycles. The van der Waals surface area contributed by atoms with E-state index in [9.17, 15) is 24.0 Å². The fraction of sp³-hybridized carbons (Fsp3) is 0.424. The van der Waals surface area contributed by atoms with E-state index in [1.54, 1.807) is 50.8 Å². The summed E-state index contributed by atoms with van der Waals surface area (Å²) in [6.07, 6.45) is 0.915. The predicted molar refractivity (Wildman–Crippen MR) is 162 cm³/mol. The first kappa shape index (κ1) is 30.8. The molecule has 11 nitrogen and oxygen atoms in total. The monoisotopic (exact) mass is 602 g/mol. The van der Waals surface area contributed by atoms with Gasteiger partial charge in [-0.25, -0.2) is 4.79 Å². The van der Waals surface area contributed by atoms with Crippen LogP contribution in [0.1, 0.15) is 58.2 Å². The van der Waals surface area contributed by atoms with Crippen molar-refractivity contribution in [2.45, 2.75) is 58.2 Å². The Bertz CT molecular complexity index is 1620. The lowest BCUT2D eigenvalue weighted by Crippen LogP contribution is -2.51. The molecule has 44 heavy (non-hydrogen) atoms. The molecule has 2 fully saturated rings. The molecule has 3 aromatic rings. The van der Waals surface area contributed by atoms with Gasteiger partial charge in [-0.2, -0.15) is 0 Å². The molecule has 1 aromatic heterocycles. The normalized spacial score (nSPS) is 20.5. The number of hydrogen-bond donors (Lipinski definition) is 2. The molecule has 0 saturated carbocycles. The minimum absolute atomic E-state index is 0.103. The van der Waals surface area contributed by atoms with Crippen LogP contribution in [0.3, 0.4) is 0 Å². The molecule has 3 heterocycles. The molecule has 2 saturated heterocycles. The van der Waals surface area contributed by atoms with Gasteiger partial charge in [0.2, 0.25) is 11.8 Å². The summed E-state index contributed by atoms with van der Waals surface area (Å²) < 4.78 is 12.6. The Balaban J connectivity index is 1.34. The number of ether oxygens (including phenoxy) is 2. The van der Waals surface area contributed by atoms with Gasteiger partial charge in [0, 0.05) is 30.9 Å². The van der Waals surface area contributed by atoms with Crippen LogP contribution in [0.15, 0.2) is 42.5 Å². The molecule has 0 radical (unpaired) electrons. The molecule has 2 aliphatic heterocycles. The van der Waals surface area contributed by atoms with Gasteiger partial charge in [-0.05, 0) is 69.4 Å². The van der Waals surface area contributed by atoms with Gasteiger partial charge in [0.05, 0.1) is 24.2 Å². The van der Waals surface area contributed by atoms with Crippen LogP contribution in [0.2, 0.25) is 0 Å². The lowest BCUT2D eigenvalue weighted by molar-refractivity contribution is -0.141. The van der Waals surface area contributed by atoms with Crippen molar-refractivity contribution in [1.82, 2.24) is 20.1 Å². The van der Waals surface area contributed by atoms with Crippen molar-refractivity contribution < 1.29 is 33.4 Å². The number of carbonyl (C=O) groups is 5. The number of methoxy groups -OCH3 is 1. The molecule has 5 rings (SSSR count). The number of ketones is 1. The number of rotatable bonds is 10. The lowest BCUT2D eigenvalue weighted by atomic mass is 9.94. The third-order valence-electron chi connectivity index (χ3n) is 8.82. The van der Waals surface area contributed by atoms with Crippen LogP contribution in [0.25, 0.3) is 10.9 Å². The van der Waals surface area contributed by atoms with Crippen molar-refractivity contribution in [1.29, 1.82) is 0 Å². The number of carbonyl (C=O) groups excluding carboxylic acids is 5. The highest BCUT2D eigenvalue weighted by molar-refractivity contribution is 6.03. The number of esters is 1. The van der Waals surface area contributed by atoms with E-state index in [4.69, 9.17) is 9.47 Å². The van der Waals surface area contributed by atoms with Crippen LogP contribution in [0, 0.1) is 19.8 Å². The number of likely N-dealkylation sites (tertiary alicyclic amines) is 1. The Kier molecular flexibility index (Phi) is 8.75. The maximum Gasteiger partial charge on any atom is 0.339 e. The zero-order chi connectivity index (χ0) is 31.7. The third-order valence-corrected chi connectivity index (χ3v) is 8.82. The number of nitrogens with one attached hydrogen (secondary N) is 2. The first-order chi connectivity index (χ1) is 21.0. The van der Waals surface area contributed by atoms with Gasteiger partial charge >= 0.3 is 5.97 Å². The molecule has 0 bridgehead atoms. The Morgan fingerprint density at radius 3 is 2.45 bits per heavy atom. The molecule has 3 amide bonds. The smallest absolute Gasteiger partial charge is 0.339 e. The zero-order valence-electron chi connectivity index (χ0n) is 25.6. The van der Waals surface area contributed by atoms with Gasteiger partial charge in [0.1, 0.15) is 17.5 Å². The molecule has 232 valence electrons. The summed E-state index contributed by atoms with van der Waals surface area (Å²) in [5, 5.41) is 6.41.